The Morgan fingerprint density at radius 3 is 2.52 bits per heavy atom. The first kappa shape index (κ1) is 15.8. The van der Waals surface area contributed by atoms with Crippen LogP contribution in [0, 0.1) is 6.92 Å². The van der Waals surface area contributed by atoms with Crippen molar-refractivity contribution in [2.75, 3.05) is 11.9 Å². The molecule has 0 atom stereocenters. The first-order valence-electron chi connectivity index (χ1n) is 7.17. The third kappa shape index (κ3) is 3.73. The summed E-state index contributed by atoms with van der Waals surface area (Å²) in [5.41, 5.74) is 0.653. The van der Waals surface area contributed by atoms with E-state index in [1.165, 1.54) is 0 Å². The van der Waals surface area contributed by atoms with Crippen molar-refractivity contribution in [2.45, 2.75) is 46.5 Å². The topological polar surface area (TPSA) is 55.6 Å². The van der Waals surface area contributed by atoms with E-state index in [1.807, 2.05) is 13.0 Å². The average Bonchev–Trinajstić information content (AvgIpc) is 2.75. The summed E-state index contributed by atoms with van der Waals surface area (Å²) < 4.78 is 1.70. The summed E-state index contributed by atoms with van der Waals surface area (Å²) in [5.74, 6) is 2.32. The van der Waals surface area contributed by atoms with Crippen molar-refractivity contribution in [3.05, 3.63) is 28.8 Å². The molecule has 0 aliphatic heterocycles. The van der Waals surface area contributed by atoms with E-state index in [-0.39, 0.29) is 5.41 Å². The molecule has 2 heterocycles. The van der Waals surface area contributed by atoms with Gasteiger partial charge in [-0.05, 0) is 13.3 Å². The van der Waals surface area contributed by atoms with Crippen LogP contribution in [0.3, 0.4) is 0 Å². The van der Waals surface area contributed by atoms with Crippen LogP contribution in [0.5, 0.6) is 0 Å². The van der Waals surface area contributed by atoms with Gasteiger partial charge in [-0.15, -0.1) is 0 Å². The molecule has 0 spiro atoms. The number of rotatable bonds is 4. The highest BCUT2D eigenvalue weighted by Crippen LogP contribution is 2.23. The molecule has 2 rings (SSSR count). The Hall–Kier alpha value is -1.62. The lowest BCUT2D eigenvalue weighted by molar-refractivity contribution is 0.542. The van der Waals surface area contributed by atoms with Crippen LogP contribution < -0.4 is 5.32 Å². The standard InChI is InChI=1S/C15H22ClN5/c1-6-7-17-12-8-13(19-14(18-12)15(3,4)5)21-9-11(16)10(2)20-21/h8-9H,6-7H2,1-5H3,(H,17,18,19). The Morgan fingerprint density at radius 1 is 1.29 bits per heavy atom. The van der Waals surface area contributed by atoms with E-state index < -0.39 is 0 Å². The fourth-order valence-corrected chi connectivity index (χ4v) is 1.92. The maximum atomic E-state index is 6.09. The lowest BCUT2D eigenvalue weighted by Gasteiger charge is -2.18. The van der Waals surface area contributed by atoms with E-state index in [2.05, 4.69) is 48.1 Å². The van der Waals surface area contributed by atoms with Gasteiger partial charge in [0, 0.05) is 18.0 Å². The number of anilines is 1. The van der Waals surface area contributed by atoms with Crippen molar-refractivity contribution in [3.8, 4) is 5.82 Å². The molecule has 1 N–H and O–H groups in total. The summed E-state index contributed by atoms with van der Waals surface area (Å²) in [6.07, 6.45) is 2.81. The fourth-order valence-electron chi connectivity index (χ4n) is 1.79. The molecule has 2 aromatic rings. The van der Waals surface area contributed by atoms with Crippen molar-refractivity contribution in [1.82, 2.24) is 19.7 Å². The van der Waals surface area contributed by atoms with Gasteiger partial charge in [0.05, 0.1) is 16.9 Å². The summed E-state index contributed by atoms with van der Waals surface area (Å²) in [6.45, 7) is 11.2. The smallest absolute Gasteiger partial charge is 0.159 e. The third-order valence-electron chi connectivity index (χ3n) is 3.01. The van der Waals surface area contributed by atoms with Crippen molar-refractivity contribution >= 4 is 17.4 Å². The second-order valence-corrected chi connectivity index (χ2v) is 6.53. The Kier molecular flexibility index (Phi) is 4.52. The van der Waals surface area contributed by atoms with Crippen LogP contribution in [0.25, 0.3) is 5.82 Å². The van der Waals surface area contributed by atoms with Crippen molar-refractivity contribution in [3.63, 3.8) is 0 Å². The molecule has 0 fully saturated rings. The number of hydrogen-bond acceptors (Lipinski definition) is 4. The first-order valence-corrected chi connectivity index (χ1v) is 7.54. The number of nitrogens with one attached hydrogen (secondary N) is 1. The SMILES string of the molecule is CCCNc1cc(-n2cc(Cl)c(C)n2)nc(C(C)(C)C)n1. The minimum Gasteiger partial charge on any atom is -0.370 e. The molecule has 0 saturated heterocycles. The average molecular weight is 308 g/mol. The molecule has 21 heavy (non-hydrogen) atoms. The van der Waals surface area contributed by atoms with Gasteiger partial charge in [0.25, 0.3) is 0 Å². The van der Waals surface area contributed by atoms with Crippen LogP contribution >= 0.6 is 11.6 Å². The molecule has 0 aliphatic rings. The fraction of sp³-hybridized carbons (Fsp3) is 0.533. The largest absolute Gasteiger partial charge is 0.370 e. The molecule has 0 amide bonds. The van der Waals surface area contributed by atoms with Crippen LogP contribution in [0.4, 0.5) is 5.82 Å². The molecule has 5 nitrogen and oxygen atoms in total. The minimum atomic E-state index is -0.134. The normalized spacial score (nSPS) is 11.7. The number of hydrogen-bond donors (Lipinski definition) is 1. The molecule has 6 heteroatoms. The highest BCUT2D eigenvalue weighted by atomic mass is 35.5. The van der Waals surface area contributed by atoms with Gasteiger partial charge in [-0.2, -0.15) is 5.10 Å². The van der Waals surface area contributed by atoms with Gasteiger partial charge >= 0.3 is 0 Å². The maximum absolute atomic E-state index is 6.09. The summed E-state index contributed by atoms with van der Waals surface area (Å²) >= 11 is 6.09. The number of nitrogens with zero attached hydrogens (tertiary/aromatic N) is 4. The molecule has 2 aromatic heterocycles. The number of aryl methyl sites for hydroxylation is 1. The quantitative estimate of drug-likeness (QED) is 0.934. The van der Waals surface area contributed by atoms with Crippen LogP contribution in [-0.4, -0.2) is 26.3 Å². The zero-order valence-corrected chi connectivity index (χ0v) is 14.0. The third-order valence-corrected chi connectivity index (χ3v) is 3.38. The zero-order valence-electron chi connectivity index (χ0n) is 13.2. The summed E-state index contributed by atoms with van der Waals surface area (Å²) in [4.78, 5) is 9.23. The van der Waals surface area contributed by atoms with E-state index >= 15 is 0 Å². The lowest BCUT2D eigenvalue weighted by Crippen LogP contribution is -2.19. The van der Waals surface area contributed by atoms with Gasteiger partial charge in [0.15, 0.2) is 5.82 Å². The van der Waals surface area contributed by atoms with E-state index in [0.29, 0.717) is 5.02 Å². The molecule has 0 saturated carbocycles. The summed E-state index contributed by atoms with van der Waals surface area (Å²) in [6, 6.07) is 1.90. The van der Waals surface area contributed by atoms with Crippen LogP contribution in [-0.2, 0) is 5.41 Å². The maximum Gasteiger partial charge on any atom is 0.159 e. The molecule has 0 radical (unpaired) electrons. The summed E-state index contributed by atoms with van der Waals surface area (Å²) in [7, 11) is 0. The van der Waals surface area contributed by atoms with Crippen LogP contribution in [0.1, 0.15) is 45.6 Å². The van der Waals surface area contributed by atoms with E-state index in [9.17, 15) is 0 Å². The van der Waals surface area contributed by atoms with Crippen LogP contribution in [0.15, 0.2) is 12.3 Å². The monoisotopic (exact) mass is 307 g/mol. The Bertz CT molecular complexity index is 608. The van der Waals surface area contributed by atoms with Gasteiger partial charge in [0.2, 0.25) is 0 Å². The predicted molar refractivity (Wildman–Crippen MR) is 86.4 cm³/mol. The Balaban J connectivity index is 2.48. The molecule has 0 aliphatic carbocycles. The second-order valence-electron chi connectivity index (χ2n) is 6.12. The first-order chi connectivity index (χ1) is 9.81. The van der Waals surface area contributed by atoms with Crippen molar-refractivity contribution in [1.29, 1.82) is 0 Å². The van der Waals surface area contributed by atoms with E-state index in [1.54, 1.807) is 10.9 Å². The van der Waals surface area contributed by atoms with E-state index in [0.717, 1.165) is 36.1 Å². The Labute approximate surface area is 130 Å². The van der Waals surface area contributed by atoms with E-state index in [4.69, 9.17) is 11.6 Å². The lowest BCUT2D eigenvalue weighted by atomic mass is 9.96. The number of aromatic nitrogens is 4. The summed E-state index contributed by atoms with van der Waals surface area (Å²) in [5, 5.41) is 8.34. The van der Waals surface area contributed by atoms with Gasteiger partial charge < -0.3 is 5.32 Å². The zero-order chi connectivity index (χ0) is 15.6. The minimum absolute atomic E-state index is 0.134. The molecule has 0 aromatic carbocycles. The van der Waals surface area contributed by atoms with Crippen LogP contribution in [0.2, 0.25) is 5.02 Å². The van der Waals surface area contributed by atoms with Gasteiger partial charge in [-0.25, -0.2) is 14.6 Å². The molecule has 0 unspecified atom stereocenters. The van der Waals surface area contributed by atoms with Gasteiger partial charge in [-0.3, -0.25) is 0 Å². The molecular formula is C15H22ClN5. The van der Waals surface area contributed by atoms with Gasteiger partial charge in [0.1, 0.15) is 11.6 Å². The van der Waals surface area contributed by atoms with Crippen molar-refractivity contribution in [2.24, 2.45) is 0 Å². The molecule has 114 valence electrons. The molecule has 0 bridgehead atoms. The molecular weight excluding hydrogens is 286 g/mol. The highest BCUT2D eigenvalue weighted by Gasteiger charge is 2.20. The number of halogens is 1. The Morgan fingerprint density at radius 2 is 2.00 bits per heavy atom. The highest BCUT2D eigenvalue weighted by molar-refractivity contribution is 6.31. The predicted octanol–water partition coefficient (Wildman–Crippen LogP) is 3.74. The van der Waals surface area contributed by atoms with Gasteiger partial charge in [-0.1, -0.05) is 39.3 Å². The second kappa shape index (κ2) is 6.02. The van der Waals surface area contributed by atoms with Crippen molar-refractivity contribution < 1.29 is 0 Å².